The lowest BCUT2D eigenvalue weighted by molar-refractivity contribution is -0.186. The van der Waals surface area contributed by atoms with Crippen molar-refractivity contribution in [3.8, 4) is 16.9 Å². The van der Waals surface area contributed by atoms with E-state index in [1.807, 2.05) is 21.4 Å². The summed E-state index contributed by atoms with van der Waals surface area (Å²) in [7, 11) is 2.02. The molecule has 0 aliphatic carbocycles. The molecule has 35 heavy (non-hydrogen) atoms. The fraction of sp³-hybridized carbons (Fsp3) is 0.308. The molecule has 1 heterocycles. The highest BCUT2D eigenvalue weighted by molar-refractivity contribution is 7.27. The normalized spacial score (nSPS) is 18.5. The molecule has 4 rings (SSSR count). The Balaban J connectivity index is 1.55. The van der Waals surface area contributed by atoms with Crippen LogP contribution >= 0.6 is 9.24 Å². The van der Waals surface area contributed by atoms with Crippen LogP contribution in [0.15, 0.2) is 48.5 Å². The van der Waals surface area contributed by atoms with E-state index in [9.17, 15) is 26.3 Å². The monoisotopic (exact) mass is 512 g/mol. The molecular formula is C26H23F6O2P. The molecule has 3 atom stereocenters. The van der Waals surface area contributed by atoms with Crippen LogP contribution in [0.25, 0.3) is 11.1 Å². The van der Waals surface area contributed by atoms with E-state index in [0.717, 1.165) is 30.9 Å². The smallest absolute Gasteiger partial charge is 0.429 e. The predicted octanol–water partition coefficient (Wildman–Crippen LogP) is 7.42. The van der Waals surface area contributed by atoms with E-state index in [4.69, 9.17) is 4.74 Å². The first-order chi connectivity index (χ1) is 16.6. The van der Waals surface area contributed by atoms with Crippen molar-refractivity contribution in [2.45, 2.75) is 38.4 Å². The molecule has 3 unspecified atom stereocenters. The number of alkyl halides is 2. The summed E-state index contributed by atoms with van der Waals surface area (Å²) < 4.78 is 94.5. The summed E-state index contributed by atoms with van der Waals surface area (Å²) in [6.45, 7) is 2.84. The maximum atomic E-state index is 14.9. The maximum Gasteiger partial charge on any atom is 0.430 e. The molecule has 9 heteroatoms. The van der Waals surface area contributed by atoms with Gasteiger partial charge in [-0.2, -0.15) is 8.78 Å². The van der Waals surface area contributed by atoms with Gasteiger partial charge in [-0.15, -0.1) is 9.24 Å². The molecule has 0 aromatic heterocycles. The van der Waals surface area contributed by atoms with Gasteiger partial charge in [0.1, 0.15) is 17.1 Å². The molecule has 0 spiro atoms. The van der Waals surface area contributed by atoms with Gasteiger partial charge < -0.3 is 9.47 Å². The molecule has 2 nitrogen and oxygen atoms in total. The van der Waals surface area contributed by atoms with Crippen molar-refractivity contribution in [2.75, 3.05) is 6.61 Å². The van der Waals surface area contributed by atoms with Crippen molar-refractivity contribution in [3.63, 3.8) is 0 Å². The van der Waals surface area contributed by atoms with Crippen molar-refractivity contribution in [3.05, 3.63) is 82.9 Å². The van der Waals surface area contributed by atoms with Gasteiger partial charge in [-0.05, 0) is 52.9 Å². The maximum absolute atomic E-state index is 14.9. The van der Waals surface area contributed by atoms with E-state index >= 15 is 0 Å². The topological polar surface area (TPSA) is 18.5 Å². The molecule has 0 N–H and O–H groups in total. The zero-order chi connectivity index (χ0) is 25.3. The first-order valence-corrected chi connectivity index (χ1v) is 11.7. The lowest BCUT2D eigenvalue weighted by atomic mass is 9.92. The first kappa shape index (κ1) is 25.5. The molecule has 186 valence electrons. The Kier molecular flexibility index (Phi) is 7.43. The third-order valence-corrected chi connectivity index (χ3v) is 6.63. The molecule has 1 aliphatic rings. The molecule has 3 aromatic rings. The van der Waals surface area contributed by atoms with Crippen LogP contribution in [0.3, 0.4) is 0 Å². The molecular weight excluding hydrogens is 489 g/mol. The molecule has 1 saturated heterocycles. The zero-order valence-corrected chi connectivity index (χ0v) is 19.9. The number of ether oxygens (including phenoxy) is 2. The molecule has 0 amide bonds. The van der Waals surface area contributed by atoms with Crippen molar-refractivity contribution in [1.82, 2.24) is 0 Å². The SMILES string of the molecule is CCC1CCC(c2ccc(-c3cc(F)c(C(F)(F)Oc4cc(F)c(F)c(F)c4)c(P)c3)cc2)OC1. The van der Waals surface area contributed by atoms with Gasteiger partial charge >= 0.3 is 6.11 Å². The first-order valence-electron chi connectivity index (χ1n) is 11.1. The number of hydrogen-bond donors (Lipinski definition) is 0. The third kappa shape index (κ3) is 5.49. The number of halogens is 6. The van der Waals surface area contributed by atoms with Crippen molar-refractivity contribution in [1.29, 1.82) is 0 Å². The van der Waals surface area contributed by atoms with Crippen LogP contribution < -0.4 is 10.0 Å². The standard InChI is InChI=1S/C26H23F6O2P/c1-2-14-3-8-22(33-13-14)16-6-4-15(5-7-16)17-9-19(27)24(23(35)10-17)26(31,32)34-18-11-20(28)25(30)21(29)12-18/h4-7,9-12,14,22H,2-3,8,13,35H2,1H3. The molecule has 3 aromatic carbocycles. The lowest BCUT2D eigenvalue weighted by Gasteiger charge is -2.28. The van der Waals surface area contributed by atoms with Gasteiger partial charge in [0.15, 0.2) is 17.5 Å². The minimum absolute atomic E-state index is 0.0137. The molecule has 0 radical (unpaired) electrons. The van der Waals surface area contributed by atoms with Gasteiger partial charge in [-0.3, -0.25) is 0 Å². The van der Waals surface area contributed by atoms with Crippen LogP contribution in [0.2, 0.25) is 0 Å². The highest BCUT2D eigenvalue weighted by atomic mass is 31.0. The Hall–Kier alpha value is -2.57. The second kappa shape index (κ2) is 10.2. The van der Waals surface area contributed by atoms with E-state index in [2.05, 4.69) is 11.7 Å². The largest absolute Gasteiger partial charge is 0.430 e. The summed E-state index contributed by atoms with van der Waals surface area (Å²) in [4.78, 5) is 0. The van der Waals surface area contributed by atoms with Gasteiger partial charge in [-0.1, -0.05) is 37.6 Å². The van der Waals surface area contributed by atoms with Gasteiger partial charge in [-0.25, -0.2) is 17.6 Å². The minimum Gasteiger partial charge on any atom is -0.429 e. The summed E-state index contributed by atoms with van der Waals surface area (Å²) in [6.07, 6.45) is -1.23. The summed E-state index contributed by atoms with van der Waals surface area (Å²) in [5, 5.41) is -0.210. The van der Waals surface area contributed by atoms with Gasteiger partial charge in [0, 0.05) is 12.1 Å². The summed E-state index contributed by atoms with van der Waals surface area (Å²) >= 11 is 0. The zero-order valence-electron chi connectivity index (χ0n) is 18.8. The van der Waals surface area contributed by atoms with Crippen LogP contribution in [0.1, 0.15) is 43.4 Å². The van der Waals surface area contributed by atoms with Crippen LogP contribution in [0.5, 0.6) is 5.75 Å². The quantitative estimate of drug-likeness (QED) is 0.195. The fourth-order valence-corrected chi connectivity index (χ4v) is 4.66. The molecule has 1 fully saturated rings. The predicted molar refractivity (Wildman–Crippen MR) is 124 cm³/mol. The molecule has 0 saturated carbocycles. The van der Waals surface area contributed by atoms with Crippen molar-refractivity contribution < 1.29 is 35.8 Å². The van der Waals surface area contributed by atoms with E-state index < -0.39 is 40.7 Å². The van der Waals surface area contributed by atoms with Crippen LogP contribution in [0, 0.1) is 29.2 Å². The Morgan fingerprint density at radius 3 is 2.11 bits per heavy atom. The fourth-order valence-electron chi connectivity index (χ4n) is 4.17. The van der Waals surface area contributed by atoms with E-state index in [1.54, 1.807) is 12.1 Å². The minimum atomic E-state index is -4.28. The van der Waals surface area contributed by atoms with Gasteiger partial charge in [0.25, 0.3) is 0 Å². The van der Waals surface area contributed by atoms with Gasteiger partial charge in [0.05, 0.1) is 12.7 Å². The van der Waals surface area contributed by atoms with Crippen molar-refractivity contribution >= 4 is 14.5 Å². The third-order valence-electron chi connectivity index (χ3n) is 6.18. The lowest BCUT2D eigenvalue weighted by Crippen LogP contribution is -2.29. The van der Waals surface area contributed by atoms with E-state index in [0.29, 0.717) is 23.7 Å². The number of hydrogen-bond acceptors (Lipinski definition) is 2. The highest BCUT2D eigenvalue weighted by Crippen LogP contribution is 2.37. The second-order valence-electron chi connectivity index (χ2n) is 8.54. The average molecular weight is 512 g/mol. The van der Waals surface area contributed by atoms with Gasteiger partial charge in [0.2, 0.25) is 0 Å². The Bertz CT molecular complexity index is 1160. The molecule has 0 bridgehead atoms. The average Bonchev–Trinajstić information content (AvgIpc) is 2.81. The number of benzene rings is 3. The van der Waals surface area contributed by atoms with Crippen molar-refractivity contribution in [2.24, 2.45) is 5.92 Å². The van der Waals surface area contributed by atoms with Crippen LogP contribution in [0.4, 0.5) is 26.3 Å². The second-order valence-corrected chi connectivity index (χ2v) is 9.16. The Morgan fingerprint density at radius 2 is 1.57 bits per heavy atom. The Morgan fingerprint density at radius 1 is 0.914 bits per heavy atom. The summed E-state index contributed by atoms with van der Waals surface area (Å²) in [5.74, 6) is -6.92. The van der Waals surface area contributed by atoms with E-state index in [-0.39, 0.29) is 23.5 Å². The summed E-state index contributed by atoms with van der Waals surface area (Å²) in [5.41, 5.74) is 0.837. The highest BCUT2D eigenvalue weighted by Gasteiger charge is 2.40. The Labute approximate surface area is 201 Å². The van der Waals surface area contributed by atoms with E-state index in [1.165, 1.54) is 6.07 Å². The summed E-state index contributed by atoms with van der Waals surface area (Å²) in [6, 6.07) is 10.1. The van der Waals surface area contributed by atoms with Crippen LogP contribution in [-0.4, -0.2) is 6.61 Å². The number of rotatable bonds is 6. The molecule has 1 aliphatic heterocycles. The van der Waals surface area contributed by atoms with Crippen LogP contribution in [-0.2, 0) is 10.8 Å².